The highest BCUT2D eigenvalue weighted by Gasteiger charge is 2.21. The number of rotatable bonds is 5. The first-order valence-electron chi connectivity index (χ1n) is 8.69. The monoisotopic (exact) mass is 328 g/mol. The Morgan fingerprint density at radius 2 is 1.88 bits per heavy atom. The fourth-order valence-corrected chi connectivity index (χ4v) is 3.19. The highest BCUT2D eigenvalue weighted by atomic mass is 16.5. The van der Waals surface area contributed by atoms with E-state index in [9.17, 15) is 9.59 Å². The molecule has 1 N–H and O–H groups in total. The van der Waals surface area contributed by atoms with Gasteiger partial charge in [0.1, 0.15) is 0 Å². The minimum Gasteiger partial charge on any atom is -0.455 e. The predicted octanol–water partition coefficient (Wildman–Crippen LogP) is 3.12. The van der Waals surface area contributed by atoms with E-state index < -0.39 is 0 Å². The first kappa shape index (κ1) is 16.6. The van der Waals surface area contributed by atoms with Crippen LogP contribution in [0.4, 0.5) is 11.4 Å². The van der Waals surface area contributed by atoms with Gasteiger partial charge in [-0.1, -0.05) is 12.2 Å². The Labute approximate surface area is 142 Å². The van der Waals surface area contributed by atoms with E-state index in [4.69, 9.17) is 4.74 Å². The van der Waals surface area contributed by atoms with E-state index in [1.165, 1.54) is 18.5 Å². The van der Waals surface area contributed by atoms with Gasteiger partial charge in [0.25, 0.3) is 5.91 Å². The van der Waals surface area contributed by atoms with Gasteiger partial charge >= 0.3 is 5.97 Å². The number of anilines is 2. The molecule has 1 unspecified atom stereocenters. The summed E-state index contributed by atoms with van der Waals surface area (Å²) in [7, 11) is 0. The van der Waals surface area contributed by atoms with Crippen LogP contribution in [0, 0.1) is 5.92 Å². The minimum absolute atomic E-state index is 0.109. The molecule has 1 aliphatic heterocycles. The lowest BCUT2D eigenvalue weighted by atomic mass is 9.95. The number of nitrogens with zero attached hydrogens (tertiary/aromatic N) is 1. The molecular weight excluding hydrogens is 304 g/mol. The van der Waals surface area contributed by atoms with Crippen LogP contribution in [0.1, 0.15) is 32.1 Å². The van der Waals surface area contributed by atoms with E-state index in [1.54, 1.807) is 0 Å². The number of esters is 1. The molecule has 2 aliphatic rings. The number of nitrogens with one attached hydrogen (secondary N) is 1. The lowest BCUT2D eigenvalue weighted by Crippen LogP contribution is -2.25. The third kappa shape index (κ3) is 4.37. The van der Waals surface area contributed by atoms with Gasteiger partial charge in [0, 0.05) is 24.5 Å². The summed E-state index contributed by atoms with van der Waals surface area (Å²) in [4.78, 5) is 26.2. The van der Waals surface area contributed by atoms with Gasteiger partial charge in [-0.3, -0.25) is 9.59 Å². The molecule has 3 rings (SSSR count). The van der Waals surface area contributed by atoms with E-state index in [0.717, 1.165) is 31.6 Å². The second-order valence-corrected chi connectivity index (χ2v) is 6.38. The van der Waals surface area contributed by atoms with Crippen LogP contribution in [0.5, 0.6) is 0 Å². The lowest BCUT2D eigenvalue weighted by molar-refractivity contribution is -0.151. The number of carbonyl (C=O) groups is 2. The zero-order chi connectivity index (χ0) is 16.8. The summed E-state index contributed by atoms with van der Waals surface area (Å²) >= 11 is 0. The maximum Gasteiger partial charge on any atom is 0.309 e. The van der Waals surface area contributed by atoms with Gasteiger partial charge in [0.05, 0.1) is 5.92 Å². The molecule has 5 heteroatoms. The molecule has 1 heterocycles. The number of allylic oxidation sites excluding steroid dienone is 2. The molecule has 128 valence electrons. The molecule has 1 aromatic rings. The van der Waals surface area contributed by atoms with Crippen LogP contribution in [0.2, 0.25) is 0 Å². The van der Waals surface area contributed by atoms with Crippen molar-refractivity contribution in [3.63, 3.8) is 0 Å². The number of ether oxygens (including phenoxy) is 1. The number of amides is 1. The summed E-state index contributed by atoms with van der Waals surface area (Å²) in [5.74, 6) is -0.690. The van der Waals surface area contributed by atoms with E-state index in [2.05, 4.69) is 16.3 Å². The van der Waals surface area contributed by atoms with E-state index in [0.29, 0.717) is 6.42 Å². The normalized spacial score (nSPS) is 20.0. The van der Waals surface area contributed by atoms with Crippen molar-refractivity contribution in [1.29, 1.82) is 0 Å². The van der Waals surface area contributed by atoms with E-state index in [-0.39, 0.29) is 24.4 Å². The molecule has 1 aromatic carbocycles. The maximum atomic E-state index is 11.9. The van der Waals surface area contributed by atoms with Gasteiger partial charge < -0.3 is 15.0 Å². The molecule has 5 nitrogen and oxygen atoms in total. The van der Waals surface area contributed by atoms with Gasteiger partial charge in [0.2, 0.25) is 0 Å². The van der Waals surface area contributed by atoms with Crippen molar-refractivity contribution >= 4 is 23.3 Å². The lowest BCUT2D eigenvalue weighted by Gasteiger charge is -2.18. The Hall–Kier alpha value is -2.30. The molecule has 0 aromatic heterocycles. The highest BCUT2D eigenvalue weighted by molar-refractivity contribution is 5.93. The molecule has 1 amide bonds. The molecule has 0 radical (unpaired) electrons. The van der Waals surface area contributed by atoms with Crippen LogP contribution >= 0.6 is 0 Å². The Morgan fingerprint density at radius 1 is 1.12 bits per heavy atom. The number of hydrogen-bond acceptors (Lipinski definition) is 4. The van der Waals surface area contributed by atoms with Crippen LogP contribution < -0.4 is 10.2 Å². The van der Waals surface area contributed by atoms with Crippen molar-refractivity contribution in [3.05, 3.63) is 36.4 Å². The van der Waals surface area contributed by atoms with Crippen molar-refractivity contribution in [3.8, 4) is 0 Å². The van der Waals surface area contributed by atoms with Crippen molar-refractivity contribution < 1.29 is 14.3 Å². The fraction of sp³-hybridized carbons (Fsp3) is 0.474. The fourth-order valence-electron chi connectivity index (χ4n) is 3.19. The summed E-state index contributed by atoms with van der Waals surface area (Å²) in [6, 6.07) is 7.81. The predicted molar refractivity (Wildman–Crippen MR) is 94.0 cm³/mol. The smallest absolute Gasteiger partial charge is 0.309 e. The SMILES string of the molecule is O=C(COC(=O)C1CC=CCC1)Nc1ccc(N2CCCC2)cc1. The van der Waals surface area contributed by atoms with Crippen molar-refractivity contribution in [2.45, 2.75) is 32.1 Å². The Kier molecular flexibility index (Phi) is 5.51. The van der Waals surface area contributed by atoms with E-state index in [1.807, 2.05) is 30.3 Å². The topological polar surface area (TPSA) is 58.6 Å². The summed E-state index contributed by atoms with van der Waals surface area (Å²) in [5.41, 5.74) is 1.90. The zero-order valence-electron chi connectivity index (χ0n) is 13.9. The number of carbonyl (C=O) groups excluding carboxylic acids is 2. The summed E-state index contributed by atoms with van der Waals surface area (Å²) in [6.07, 6.45) is 8.95. The summed E-state index contributed by atoms with van der Waals surface area (Å²) in [5, 5.41) is 2.77. The van der Waals surface area contributed by atoms with Crippen molar-refractivity contribution in [2.24, 2.45) is 5.92 Å². The summed E-state index contributed by atoms with van der Waals surface area (Å²) < 4.78 is 5.13. The second-order valence-electron chi connectivity index (χ2n) is 6.38. The standard InChI is InChI=1S/C19H24N2O3/c22-18(14-24-19(23)15-6-2-1-3-7-15)20-16-8-10-17(11-9-16)21-12-4-5-13-21/h1-2,8-11,15H,3-7,12-14H2,(H,20,22). The zero-order valence-corrected chi connectivity index (χ0v) is 13.9. The van der Waals surface area contributed by atoms with Crippen LogP contribution in [0.25, 0.3) is 0 Å². The average Bonchev–Trinajstić information content (AvgIpc) is 3.16. The van der Waals surface area contributed by atoms with Gasteiger partial charge in [0.15, 0.2) is 6.61 Å². The van der Waals surface area contributed by atoms with Crippen molar-refractivity contribution in [2.75, 3.05) is 29.9 Å². The van der Waals surface area contributed by atoms with Crippen LogP contribution in [0.3, 0.4) is 0 Å². The maximum absolute atomic E-state index is 11.9. The molecule has 24 heavy (non-hydrogen) atoms. The molecule has 1 saturated heterocycles. The molecular formula is C19H24N2O3. The average molecular weight is 328 g/mol. The molecule has 1 aliphatic carbocycles. The summed E-state index contributed by atoms with van der Waals surface area (Å²) in [6.45, 7) is 1.96. The number of benzene rings is 1. The number of hydrogen-bond donors (Lipinski definition) is 1. The molecule has 0 spiro atoms. The molecule has 0 bridgehead atoms. The molecule has 1 fully saturated rings. The van der Waals surface area contributed by atoms with Gasteiger partial charge in [-0.15, -0.1) is 0 Å². The Morgan fingerprint density at radius 3 is 2.54 bits per heavy atom. The Bertz CT molecular complexity index is 604. The van der Waals surface area contributed by atoms with Crippen LogP contribution in [-0.2, 0) is 14.3 Å². The third-order valence-electron chi connectivity index (χ3n) is 4.57. The minimum atomic E-state index is -0.302. The van der Waals surface area contributed by atoms with Crippen LogP contribution in [-0.4, -0.2) is 31.6 Å². The quantitative estimate of drug-likeness (QED) is 0.666. The largest absolute Gasteiger partial charge is 0.455 e. The first-order chi connectivity index (χ1) is 11.7. The van der Waals surface area contributed by atoms with Gasteiger partial charge in [-0.2, -0.15) is 0 Å². The first-order valence-corrected chi connectivity index (χ1v) is 8.69. The van der Waals surface area contributed by atoms with Gasteiger partial charge in [-0.25, -0.2) is 0 Å². The Balaban J connectivity index is 1.44. The molecule has 1 atom stereocenters. The highest BCUT2D eigenvalue weighted by Crippen LogP contribution is 2.22. The molecule has 0 saturated carbocycles. The van der Waals surface area contributed by atoms with E-state index >= 15 is 0 Å². The third-order valence-corrected chi connectivity index (χ3v) is 4.57. The second kappa shape index (κ2) is 7.99. The van der Waals surface area contributed by atoms with Crippen molar-refractivity contribution in [1.82, 2.24) is 0 Å². The van der Waals surface area contributed by atoms with Gasteiger partial charge in [-0.05, 0) is 56.4 Å². The van der Waals surface area contributed by atoms with Crippen LogP contribution in [0.15, 0.2) is 36.4 Å².